The molecular formula is C15H19N3. The van der Waals surface area contributed by atoms with Gasteiger partial charge in [-0.2, -0.15) is 0 Å². The highest BCUT2D eigenvalue weighted by Crippen LogP contribution is 2.31. The van der Waals surface area contributed by atoms with E-state index < -0.39 is 0 Å². The van der Waals surface area contributed by atoms with Crippen molar-refractivity contribution in [1.29, 1.82) is 0 Å². The first-order chi connectivity index (χ1) is 8.75. The Bertz CT molecular complexity index is 561. The number of fused-ring (bicyclic) bond motifs is 1. The second kappa shape index (κ2) is 4.48. The van der Waals surface area contributed by atoms with Gasteiger partial charge in [0.15, 0.2) is 0 Å². The summed E-state index contributed by atoms with van der Waals surface area (Å²) in [6.45, 7) is 1.13. The molecule has 0 amide bonds. The number of para-hydroxylation sites is 1. The molecule has 3 heteroatoms. The van der Waals surface area contributed by atoms with Crippen molar-refractivity contribution in [3.63, 3.8) is 0 Å². The van der Waals surface area contributed by atoms with E-state index in [-0.39, 0.29) is 0 Å². The lowest BCUT2D eigenvalue weighted by molar-refractivity contribution is 0.321. The van der Waals surface area contributed by atoms with Crippen LogP contribution in [0.2, 0.25) is 0 Å². The van der Waals surface area contributed by atoms with E-state index >= 15 is 0 Å². The number of nitrogens with two attached hydrogens (primary N) is 1. The summed E-state index contributed by atoms with van der Waals surface area (Å²) in [7, 11) is 2.16. The fraction of sp³-hybridized carbons (Fsp3) is 0.400. The molecule has 3 nitrogen and oxygen atoms in total. The van der Waals surface area contributed by atoms with E-state index in [4.69, 9.17) is 5.73 Å². The Labute approximate surface area is 108 Å². The van der Waals surface area contributed by atoms with Gasteiger partial charge in [0.05, 0.1) is 11.2 Å². The minimum atomic E-state index is 0.756. The van der Waals surface area contributed by atoms with Gasteiger partial charge in [-0.1, -0.05) is 18.6 Å². The van der Waals surface area contributed by atoms with Crippen LogP contribution in [0, 0.1) is 5.92 Å². The fourth-order valence-electron chi connectivity index (χ4n) is 2.68. The lowest BCUT2D eigenvalue weighted by Gasteiger charge is -2.31. The molecule has 1 heterocycles. The van der Waals surface area contributed by atoms with Crippen LogP contribution in [0.3, 0.4) is 0 Å². The minimum Gasteiger partial charge on any atom is -0.397 e. The van der Waals surface area contributed by atoms with E-state index in [1.54, 1.807) is 0 Å². The number of hydrogen-bond acceptors (Lipinski definition) is 3. The van der Waals surface area contributed by atoms with Crippen LogP contribution in [0.25, 0.3) is 10.9 Å². The Hall–Kier alpha value is -1.77. The van der Waals surface area contributed by atoms with Crippen LogP contribution in [-0.4, -0.2) is 18.6 Å². The molecule has 1 aliphatic carbocycles. The first-order valence-electron chi connectivity index (χ1n) is 6.60. The van der Waals surface area contributed by atoms with Gasteiger partial charge in [0.2, 0.25) is 0 Å². The Balaban J connectivity index is 1.97. The number of nitrogen functional groups attached to an aromatic ring is 1. The van der Waals surface area contributed by atoms with Crippen molar-refractivity contribution < 1.29 is 0 Å². The average molecular weight is 241 g/mol. The van der Waals surface area contributed by atoms with Crippen molar-refractivity contribution in [3.05, 3.63) is 30.5 Å². The predicted molar refractivity (Wildman–Crippen MR) is 76.8 cm³/mol. The molecule has 1 aliphatic rings. The topological polar surface area (TPSA) is 42.2 Å². The average Bonchev–Trinajstić information content (AvgIpc) is 2.33. The van der Waals surface area contributed by atoms with Gasteiger partial charge in [0.1, 0.15) is 0 Å². The molecule has 2 N–H and O–H groups in total. The van der Waals surface area contributed by atoms with Gasteiger partial charge in [-0.3, -0.25) is 4.98 Å². The van der Waals surface area contributed by atoms with E-state index in [9.17, 15) is 0 Å². The third kappa shape index (κ3) is 1.90. The lowest BCUT2D eigenvalue weighted by atomic mass is 9.85. The van der Waals surface area contributed by atoms with Crippen LogP contribution in [0.4, 0.5) is 11.4 Å². The van der Waals surface area contributed by atoms with E-state index in [2.05, 4.69) is 29.1 Å². The van der Waals surface area contributed by atoms with Gasteiger partial charge in [-0.15, -0.1) is 0 Å². The molecule has 0 bridgehead atoms. The summed E-state index contributed by atoms with van der Waals surface area (Å²) in [5.41, 5.74) is 8.89. The van der Waals surface area contributed by atoms with E-state index in [1.807, 2.05) is 18.3 Å². The number of rotatable bonds is 3. The van der Waals surface area contributed by atoms with Crippen molar-refractivity contribution in [3.8, 4) is 0 Å². The van der Waals surface area contributed by atoms with Crippen LogP contribution in [0.1, 0.15) is 19.3 Å². The van der Waals surface area contributed by atoms with Crippen molar-refractivity contribution in [2.45, 2.75) is 19.3 Å². The van der Waals surface area contributed by atoms with Gasteiger partial charge >= 0.3 is 0 Å². The van der Waals surface area contributed by atoms with Crippen LogP contribution < -0.4 is 10.6 Å². The molecule has 0 unspecified atom stereocenters. The van der Waals surface area contributed by atoms with Crippen LogP contribution in [-0.2, 0) is 0 Å². The highest BCUT2D eigenvalue weighted by atomic mass is 15.1. The Morgan fingerprint density at radius 2 is 2.17 bits per heavy atom. The monoisotopic (exact) mass is 241 g/mol. The summed E-state index contributed by atoms with van der Waals surface area (Å²) < 4.78 is 0. The summed E-state index contributed by atoms with van der Waals surface area (Å²) >= 11 is 0. The van der Waals surface area contributed by atoms with Crippen LogP contribution in [0.5, 0.6) is 0 Å². The molecule has 1 saturated carbocycles. The van der Waals surface area contributed by atoms with Crippen LogP contribution >= 0.6 is 0 Å². The summed E-state index contributed by atoms with van der Waals surface area (Å²) in [5, 5.41) is 1.15. The van der Waals surface area contributed by atoms with Crippen LogP contribution in [0.15, 0.2) is 30.5 Å². The second-order valence-electron chi connectivity index (χ2n) is 5.25. The molecule has 0 aliphatic heterocycles. The van der Waals surface area contributed by atoms with Gasteiger partial charge in [0, 0.05) is 30.9 Å². The quantitative estimate of drug-likeness (QED) is 0.840. The first-order valence-corrected chi connectivity index (χ1v) is 6.60. The molecule has 18 heavy (non-hydrogen) atoms. The van der Waals surface area contributed by atoms with E-state index in [0.717, 1.165) is 29.1 Å². The molecule has 1 aromatic carbocycles. The zero-order chi connectivity index (χ0) is 12.5. The molecule has 2 aromatic rings. The van der Waals surface area contributed by atoms with Crippen molar-refractivity contribution in [2.24, 2.45) is 5.92 Å². The van der Waals surface area contributed by atoms with Gasteiger partial charge in [-0.05, 0) is 30.9 Å². The van der Waals surface area contributed by atoms with Gasteiger partial charge < -0.3 is 10.6 Å². The Morgan fingerprint density at radius 1 is 1.33 bits per heavy atom. The molecule has 0 saturated heterocycles. The van der Waals surface area contributed by atoms with Crippen molar-refractivity contribution in [2.75, 3.05) is 24.2 Å². The minimum absolute atomic E-state index is 0.756. The first kappa shape index (κ1) is 11.3. The van der Waals surface area contributed by atoms with Gasteiger partial charge in [0.25, 0.3) is 0 Å². The van der Waals surface area contributed by atoms with Gasteiger partial charge in [-0.25, -0.2) is 0 Å². The number of benzene rings is 1. The van der Waals surface area contributed by atoms with E-state index in [1.165, 1.54) is 24.9 Å². The maximum absolute atomic E-state index is 5.98. The largest absolute Gasteiger partial charge is 0.397 e. The molecular weight excluding hydrogens is 222 g/mol. The van der Waals surface area contributed by atoms with E-state index in [0.29, 0.717) is 0 Å². The molecule has 0 spiro atoms. The summed E-state index contributed by atoms with van der Waals surface area (Å²) in [6.07, 6.45) is 5.98. The summed E-state index contributed by atoms with van der Waals surface area (Å²) in [4.78, 5) is 6.73. The number of aromatic nitrogens is 1. The molecule has 1 fully saturated rings. The SMILES string of the molecule is CN(CC1CCC1)c1ccnc2c(N)cccc12. The number of pyridine rings is 1. The molecule has 94 valence electrons. The number of anilines is 2. The predicted octanol–water partition coefficient (Wildman–Crippen LogP) is 3.05. The maximum Gasteiger partial charge on any atom is 0.0951 e. The fourth-order valence-corrected chi connectivity index (χ4v) is 2.68. The second-order valence-corrected chi connectivity index (χ2v) is 5.25. The zero-order valence-electron chi connectivity index (χ0n) is 10.8. The Morgan fingerprint density at radius 3 is 2.89 bits per heavy atom. The van der Waals surface area contributed by atoms with Crippen molar-refractivity contribution in [1.82, 2.24) is 4.98 Å². The molecule has 1 aromatic heterocycles. The molecule has 3 rings (SSSR count). The molecule has 0 atom stereocenters. The smallest absolute Gasteiger partial charge is 0.0951 e. The Kier molecular flexibility index (Phi) is 2.82. The normalized spacial score (nSPS) is 15.6. The third-order valence-corrected chi connectivity index (χ3v) is 3.95. The lowest BCUT2D eigenvalue weighted by Crippen LogP contribution is -2.29. The summed E-state index contributed by atoms with van der Waals surface area (Å²) in [6, 6.07) is 8.09. The number of nitrogens with zero attached hydrogens (tertiary/aromatic N) is 2. The highest BCUT2D eigenvalue weighted by molar-refractivity contribution is 5.97. The van der Waals surface area contributed by atoms with Crippen molar-refractivity contribution >= 4 is 22.3 Å². The molecule has 0 radical (unpaired) electrons. The highest BCUT2D eigenvalue weighted by Gasteiger charge is 2.20. The number of hydrogen-bond donors (Lipinski definition) is 1. The zero-order valence-corrected chi connectivity index (χ0v) is 10.8. The standard InChI is InChI=1S/C15H19N3/c1-18(10-11-4-2-5-11)14-8-9-17-15-12(14)6-3-7-13(15)16/h3,6-9,11H,2,4-5,10,16H2,1H3. The third-order valence-electron chi connectivity index (χ3n) is 3.95. The maximum atomic E-state index is 5.98. The summed E-state index contributed by atoms with van der Waals surface area (Å²) in [5.74, 6) is 0.860.